The molecule has 0 atom stereocenters. The molecule has 0 aliphatic carbocycles. The van der Waals surface area contributed by atoms with Crippen molar-refractivity contribution in [2.45, 2.75) is 45.4 Å². The number of H-pyrrole nitrogens is 1. The minimum atomic E-state index is 0.768. The summed E-state index contributed by atoms with van der Waals surface area (Å²) < 4.78 is 1.18. The molecule has 0 aliphatic rings. The van der Waals surface area contributed by atoms with E-state index >= 15 is 0 Å². The van der Waals surface area contributed by atoms with Gasteiger partial charge in [-0.1, -0.05) is 31.5 Å². The van der Waals surface area contributed by atoms with Crippen LogP contribution in [-0.2, 0) is 12.8 Å². The summed E-state index contributed by atoms with van der Waals surface area (Å²) in [5.41, 5.74) is 11.2. The lowest BCUT2D eigenvalue weighted by atomic mass is 10.0. The third kappa shape index (κ3) is 3.76. The zero-order chi connectivity index (χ0) is 16.9. The lowest BCUT2D eigenvalue weighted by Crippen LogP contribution is -1.99. The molecule has 3 aromatic rings. The van der Waals surface area contributed by atoms with E-state index in [9.17, 15) is 0 Å². The highest BCUT2D eigenvalue weighted by Crippen LogP contribution is 2.38. The Labute approximate surface area is 156 Å². The van der Waals surface area contributed by atoms with Crippen LogP contribution in [0.4, 0.5) is 0 Å². The van der Waals surface area contributed by atoms with E-state index in [1.165, 1.54) is 49.2 Å². The minimum Gasteiger partial charge on any atom is -0.353 e. The molecule has 0 bridgehead atoms. The average molecular weight is 405 g/mol. The molecule has 2 nitrogen and oxygen atoms in total. The van der Waals surface area contributed by atoms with Gasteiger partial charge in [-0.25, -0.2) is 0 Å². The van der Waals surface area contributed by atoms with Crippen LogP contribution < -0.4 is 5.73 Å². The largest absolute Gasteiger partial charge is 0.353 e. The van der Waals surface area contributed by atoms with Crippen LogP contribution in [0.3, 0.4) is 0 Å². The van der Waals surface area contributed by atoms with Gasteiger partial charge in [0, 0.05) is 10.9 Å². The van der Waals surface area contributed by atoms with Gasteiger partial charge in [0.1, 0.15) is 0 Å². The summed E-state index contributed by atoms with van der Waals surface area (Å²) in [7, 11) is 0. The zero-order valence-electron chi connectivity index (χ0n) is 14.2. The predicted molar refractivity (Wildman–Crippen MR) is 110 cm³/mol. The highest BCUT2D eigenvalue weighted by molar-refractivity contribution is 9.11. The maximum absolute atomic E-state index is 5.70. The van der Waals surface area contributed by atoms with Crippen LogP contribution in [0.5, 0.6) is 0 Å². The Morgan fingerprint density at radius 1 is 1.08 bits per heavy atom. The molecule has 0 aliphatic heterocycles. The van der Waals surface area contributed by atoms with Gasteiger partial charge in [-0.3, -0.25) is 0 Å². The number of rotatable bonds is 8. The maximum Gasteiger partial charge on any atom is 0.0705 e. The number of aryl methyl sites for hydroxylation is 2. The molecule has 2 heterocycles. The fourth-order valence-electron chi connectivity index (χ4n) is 3.27. The molecule has 0 saturated heterocycles. The number of halogens is 1. The van der Waals surface area contributed by atoms with Crippen molar-refractivity contribution in [3.8, 4) is 10.6 Å². The van der Waals surface area contributed by atoms with Gasteiger partial charge in [0.2, 0.25) is 0 Å². The van der Waals surface area contributed by atoms with Crippen LogP contribution in [0, 0.1) is 0 Å². The molecule has 128 valence electrons. The summed E-state index contributed by atoms with van der Waals surface area (Å²) in [6.07, 6.45) is 6.91. The van der Waals surface area contributed by atoms with Gasteiger partial charge in [-0.15, -0.1) is 11.3 Å². The average Bonchev–Trinajstić information content (AvgIpc) is 3.17. The molecule has 0 radical (unpaired) electrons. The predicted octanol–water partition coefficient (Wildman–Crippen LogP) is 6.28. The second kappa shape index (κ2) is 8.32. The highest BCUT2D eigenvalue weighted by atomic mass is 79.9. The van der Waals surface area contributed by atoms with Crippen LogP contribution in [0.15, 0.2) is 34.1 Å². The fraction of sp³-hybridized carbons (Fsp3) is 0.400. The normalized spacial score (nSPS) is 11.5. The van der Waals surface area contributed by atoms with E-state index in [1.54, 1.807) is 11.3 Å². The van der Waals surface area contributed by atoms with Crippen LogP contribution >= 0.6 is 27.3 Å². The van der Waals surface area contributed by atoms with Gasteiger partial charge in [-0.05, 0) is 77.8 Å². The number of hydrogen-bond acceptors (Lipinski definition) is 2. The lowest BCUT2D eigenvalue weighted by molar-refractivity contribution is 0.748. The Hall–Kier alpha value is -1.10. The molecule has 3 N–H and O–H groups in total. The van der Waals surface area contributed by atoms with E-state index in [1.807, 2.05) is 0 Å². The first-order valence-corrected chi connectivity index (χ1v) is 10.4. The van der Waals surface area contributed by atoms with E-state index in [0.29, 0.717) is 0 Å². The van der Waals surface area contributed by atoms with Crippen molar-refractivity contribution in [1.29, 1.82) is 0 Å². The monoisotopic (exact) mass is 404 g/mol. The molecule has 0 spiro atoms. The number of nitrogens with one attached hydrogen (secondary N) is 1. The molecule has 4 heteroatoms. The van der Waals surface area contributed by atoms with Crippen molar-refractivity contribution in [2.75, 3.05) is 6.54 Å². The van der Waals surface area contributed by atoms with Crippen molar-refractivity contribution < 1.29 is 0 Å². The molecule has 3 rings (SSSR count). The fourth-order valence-corrected chi connectivity index (χ4v) is 4.69. The topological polar surface area (TPSA) is 41.8 Å². The first-order chi connectivity index (χ1) is 11.7. The third-order valence-electron chi connectivity index (χ3n) is 4.53. The van der Waals surface area contributed by atoms with Crippen molar-refractivity contribution in [3.05, 3.63) is 45.2 Å². The SMILES string of the molecule is CCCCc1cccc2c(CCCCN)c(-c3ccc(Br)s3)[nH]c12. The third-order valence-corrected chi connectivity index (χ3v) is 6.17. The second-order valence-electron chi connectivity index (χ2n) is 6.27. The summed E-state index contributed by atoms with van der Waals surface area (Å²) in [4.78, 5) is 5.06. The molecule has 0 saturated carbocycles. The number of hydrogen-bond donors (Lipinski definition) is 2. The number of para-hydroxylation sites is 1. The van der Waals surface area contributed by atoms with Gasteiger partial charge < -0.3 is 10.7 Å². The van der Waals surface area contributed by atoms with Crippen molar-refractivity contribution in [3.63, 3.8) is 0 Å². The molecule has 0 fully saturated rings. The van der Waals surface area contributed by atoms with E-state index in [4.69, 9.17) is 5.73 Å². The van der Waals surface area contributed by atoms with Gasteiger partial charge in [0.15, 0.2) is 0 Å². The Bertz CT molecular complexity index is 803. The summed E-state index contributed by atoms with van der Waals surface area (Å²) >= 11 is 5.39. The van der Waals surface area contributed by atoms with Crippen molar-refractivity contribution in [1.82, 2.24) is 4.98 Å². The van der Waals surface area contributed by atoms with Crippen LogP contribution in [0.1, 0.15) is 43.7 Å². The number of fused-ring (bicyclic) bond motifs is 1. The number of aromatic nitrogens is 1. The molecule has 24 heavy (non-hydrogen) atoms. The molecule has 1 aromatic carbocycles. The second-order valence-corrected chi connectivity index (χ2v) is 8.73. The number of benzene rings is 1. The number of aromatic amines is 1. The Kier molecular flexibility index (Phi) is 6.14. The number of unbranched alkanes of at least 4 members (excludes halogenated alkanes) is 2. The van der Waals surface area contributed by atoms with E-state index in [2.05, 4.69) is 58.2 Å². The summed E-state index contributed by atoms with van der Waals surface area (Å²) in [5.74, 6) is 0. The quantitative estimate of drug-likeness (QED) is 0.425. The molecule has 2 aromatic heterocycles. The van der Waals surface area contributed by atoms with E-state index < -0.39 is 0 Å². The minimum absolute atomic E-state index is 0.768. The van der Waals surface area contributed by atoms with Crippen molar-refractivity contribution >= 4 is 38.2 Å². The molecule has 0 unspecified atom stereocenters. The van der Waals surface area contributed by atoms with E-state index in [0.717, 1.165) is 32.2 Å². The van der Waals surface area contributed by atoms with Crippen LogP contribution in [0.2, 0.25) is 0 Å². The first kappa shape index (κ1) is 17.7. The van der Waals surface area contributed by atoms with Gasteiger partial charge in [-0.2, -0.15) is 0 Å². The van der Waals surface area contributed by atoms with Gasteiger partial charge in [0.25, 0.3) is 0 Å². The summed E-state index contributed by atoms with van der Waals surface area (Å²) in [5, 5.41) is 1.39. The molecular formula is C20H25BrN2S. The molecular weight excluding hydrogens is 380 g/mol. The Morgan fingerprint density at radius 2 is 1.96 bits per heavy atom. The van der Waals surface area contributed by atoms with Crippen LogP contribution in [0.25, 0.3) is 21.5 Å². The molecule has 0 amide bonds. The first-order valence-electron chi connectivity index (χ1n) is 8.82. The summed E-state index contributed by atoms with van der Waals surface area (Å²) in [6, 6.07) is 11.1. The summed E-state index contributed by atoms with van der Waals surface area (Å²) in [6.45, 7) is 3.02. The maximum atomic E-state index is 5.70. The van der Waals surface area contributed by atoms with E-state index in [-0.39, 0.29) is 0 Å². The van der Waals surface area contributed by atoms with Gasteiger partial charge >= 0.3 is 0 Å². The smallest absolute Gasteiger partial charge is 0.0705 e. The lowest BCUT2D eigenvalue weighted by Gasteiger charge is -2.04. The zero-order valence-corrected chi connectivity index (χ0v) is 16.6. The Balaban J connectivity index is 2.08. The van der Waals surface area contributed by atoms with Crippen LogP contribution in [-0.4, -0.2) is 11.5 Å². The van der Waals surface area contributed by atoms with Crippen molar-refractivity contribution in [2.24, 2.45) is 5.73 Å². The number of nitrogens with two attached hydrogens (primary N) is 1. The van der Waals surface area contributed by atoms with Gasteiger partial charge in [0.05, 0.1) is 14.4 Å². The number of thiophene rings is 1. The Morgan fingerprint density at radius 3 is 2.67 bits per heavy atom. The highest BCUT2D eigenvalue weighted by Gasteiger charge is 2.16. The standard InChI is InChI=1S/C20H25BrN2S/c1-2-3-7-14-8-6-10-15-16(9-4-5-13-22)20(23-19(14)15)17-11-12-18(21)24-17/h6,8,10-12,23H,2-5,7,9,13,22H2,1H3.